The molecular formula is C16H23NO3. The van der Waals surface area contributed by atoms with Crippen LogP contribution in [0.25, 0.3) is 0 Å². The smallest absolute Gasteiger partial charge is 0.131 e. The molecular weight excluding hydrogens is 254 g/mol. The van der Waals surface area contributed by atoms with Crippen LogP contribution < -0.4 is 0 Å². The Balaban J connectivity index is 2.11. The molecule has 1 saturated heterocycles. The number of aliphatic hydroxyl groups is 1. The van der Waals surface area contributed by atoms with Crippen LogP contribution in [0.1, 0.15) is 19.4 Å². The number of hydrogen-bond acceptors (Lipinski definition) is 4. The number of morpholine rings is 1. The van der Waals surface area contributed by atoms with Crippen molar-refractivity contribution in [1.29, 1.82) is 0 Å². The molecule has 1 heterocycles. The lowest BCUT2D eigenvalue weighted by atomic mass is 9.83. The Labute approximate surface area is 120 Å². The summed E-state index contributed by atoms with van der Waals surface area (Å²) in [4.78, 5) is 13.8. The molecule has 3 unspecified atom stereocenters. The molecule has 0 aliphatic carbocycles. The van der Waals surface area contributed by atoms with Crippen LogP contribution in [-0.2, 0) is 14.9 Å². The van der Waals surface area contributed by atoms with Crippen molar-refractivity contribution in [2.24, 2.45) is 0 Å². The van der Waals surface area contributed by atoms with E-state index < -0.39 is 5.41 Å². The fraction of sp³-hybridized carbons (Fsp3) is 0.562. The molecule has 2 rings (SSSR count). The monoisotopic (exact) mass is 277 g/mol. The summed E-state index contributed by atoms with van der Waals surface area (Å²) in [6.45, 7) is 6.07. The number of aliphatic hydroxyl groups excluding tert-OH is 1. The molecule has 0 aromatic heterocycles. The summed E-state index contributed by atoms with van der Waals surface area (Å²) in [5.74, 6) is 0. The van der Waals surface area contributed by atoms with Gasteiger partial charge in [0.1, 0.15) is 6.29 Å². The van der Waals surface area contributed by atoms with Gasteiger partial charge in [-0.15, -0.1) is 0 Å². The van der Waals surface area contributed by atoms with E-state index >= 15 is 0 Å². The molecule has 0 radical (unpaired) electrons. The lowest BCUT2D eigenvalue weighted by molar-refractivity contribution is -0.117. The van der Waals surface area contributed by atoms with Crippen molar-refractivity contribution in [2.75, 3.05) is 26.2 Å². The summed E-state index contributed by atoms with van der Waals surface area (Å²) in [7, 11) is 0. The second-order valence-corrected chi connectivity index (χ2v) is 5.85. The molecule has 0 spiro atoms. The highest BCUT2D eigenvalue weighted by atomic mass is 16.5. The van der Waals surface area contributed by atoms with E-state index in [4.69, 9.17) is 4.74 Å². The minimum absolute atomic E-state index is 0.0178. The topological polar surface area (TPSA) is 49.8 Å². The number of aldehydes is 1. The first kappa shape index (κ1) is 15.2. The van der Waals surface area contributed by atoms with Crippen molar-refractivity contribution in [3.63, 3.8) is 0 Å². The van der Waals surface area contributed by atoms with E-state index in [1.165, 1.54) is 0 Å². The van der Waals surface area contributed by atoms with Crippen molar-refractivity contribution in [1.82, 2.24) is 4.90 Å². The molecule has 1 aliphatic heterocycles. The van der Waals surface area contributed by atoms with Crippen molar-refractivity contribution in [3.05, 3.63) is 35.9 Å². The van der Waals surface area contributed by atoms with Gasteiger partial charge < -0.3 is 14.6 Å². The Morgan fingerprint density at radius 2 is 2.10 bits per heavy atom. The quantitative estimate of drug-likeness (QED) is 0.822. The van der Waals surface area contributed by atoms with Gasteiger partial charge in [0.25, 0.3) is 0 Å². The van der Waals surface area contributed by atoms with E-state index in [1.807, 2.05) is 44.2 Å². The van der Waals surface area contributed by atoms with Crippen LogP contribution in [0.4, 0.5) is 0 Å². The molecule has 1 fully saturated rings. The third kappa shape index (κ3) is 3.45. The molecule has 4 nitrogen and oxygen atoms in total. The minimum Gasteiger partial charge on any atom is -0.394 e. The third-order valence-electron chi connectivity index (χ3n) is 3.85. The zero-order chi connectivity index (χ0) is 14.6. The van der Waals surface area contributed by atoms with Crippen LogP contribution in [0, 0.1) is 0 Å². The zero-order valence-electron chi connectivity index (χ0n) is 12.2. The summed E-state index contributed by atoms with van der Waals surface area (Å²) in [5.41, 5.74) is 0.493. The summed E-state index contributed by atoms with van der Waals surface area (Å²) in [6, 6.07) is 9.84. The number of nitrogens with zero attached hydrogens (tertiary/aromatic N) is 1. The average molecular weight is 277 g/mol. The average Bonchev–Trinajstić information content (AvgIpc) is 2.47. The van der Waals surface area contributed by atoms with Gasteiger partial charge in [0.2, 0.25) is 0 Å². The molecule has 20 heavy (non-hydrogen) atoms. The summed E-state index contributed by atoms with van der Waals surface area (Å²) < 4.78 is 5.64. The van der Waals surface area contributed by atoms with E-state index in [0.29, 0.717) is 13.1 Å². The molecule has 0 amide bonds. The Hall–Kier alpha value is -1.23. The van der Waals surface area contributed by atoms with Gasteiger partial charge in [-0.25, -0.2) is 0 Å². The van der Waals surface area contributed by atoms with Gasteiger partial charge in [-0.3, -0.25) is 4.90 Å². The molecule has 4 heteroatoms. The largest absolute Gasteiger partial charge is 0.394 e. The van der Waals surface area contributed by atoms with E-state index in [-0.39, 0.29) is 18.8 Å². The fourth-order valence-corrected chi connectivity index (χ4v) is 2.85. The van der Waals surface area contributed by atoms with E-state index in [0.717, 1.165) is 18.4 Å². The lowest BCUT2D eigenvalue weighted by Gasteiger charge is -2.39. The van der Waals surface area contributed by atoms with Crippen molar-refractivity contribution in [2.45, 2.75) is 31.5 Å². The van der Waals surface area contributed by atoms with E-state index in [1.54, 1.807) is 0 Å². The molecule has 1 N–H and O–H groups in total. The van der Waals surface area contributed by atoms with E-state index in [2.05, 4.69) is 4.90 Å². The lowest BCUT2D eigenvalue weighted by Crippen LogP contribution is -2.52. The third-order valence-corrected chi connectivity index (χ3v) is 3.85. The second kappa shape index (κ2) is 6.48. The van der Waals surface area contributed by atoms with Gasteiger partial charge in [-0.2, -0.15) is 0 Å². The summed E-state index contributed by atoms with van der Waals surface area (Å²) >= 11 is 0. The van der Waals surface area contributed by atoms with Gasteiger partial charge in [-0.05, 0) is 19.4 Å². The SMILES string of the molecule is CC1CN(CC(C)(C=O)c2ccccc2)CC(CO)O1. The van der Waals surface area contributed by atoms with Crippen LogP contribution in [0.5, 0.6) is 0 Å². The molecule has 3 atom stereocenters. The zero-order valence-corrected chi connectivity index (χ0v) is 12.2. The molecule has 1 aromatic carbocycles. The molecule has 1 aromatic rings. The number of ether oxygens (including phenoxy) is 1. The number of rotatable bonds is 5. The Kier molecular flexibility index (Phi) is 4.91. The molecule has 0 saturated carbocycles. The number of hydrogen-bond donors (Lipinski definition) is 1. The standard InChI is InChI=1S/C16H23NO3/c1-13-8-17(9-15(10-18)20-13)11-16(2,12-19)14-6-4-3-5-7-14/h3-7,12-13,15,18H,8-11H2,1-2H3. The molecule has 1 aliphatic rings. The maximum atomic E-state index is 11.6. The van der Waals surface area contributed by atoms with Crippen molar-refractivity contribution >= 4 is 6.29 Å². The first-order valence-corrected chi connectivity index (χ1v) is 7.08. The second-order valence-electron chi connectivity index (χ2n) is 5.85. The van der Waals surface area contributed by atoms with Gasteiger partial charge >= 0.3 is 0 Å². The summed E-state index contributed by atoms with van der Waals surface area (Å²) in [6.07, 6.45) is 0.939. The Bertz CT molecular complexity index is 437. The van der Waals surface area contributed by atoms with Gasteiger partial charge in [0.15, 0.2) is 0 Å². The number of carbonyl (C=O) groups is 1. The van der Waals surface area contributed by atoms with Gasteiger partial charge in [-0.1, -0.05) is 30.3 Å². The first-order valence-electron chi connectivity index (χ1n) is 7.08. The maximum Gasteiger partial charge on any atom is 0.131 e. The predicted octanol–water partition coefficient (Wildman–Crippen LogP) is 1.22. The van der Waals surface area contributed by atoms with Gasteiger partial charge in [0.05, 0.1) is 24.2 Å². The van der Waals surface area contributed by atoms with Crippen LogP contribution >= 0.6 is 0 Å². The number of benzene rings is 1. The number of carbonyl (C=O) groups excluding carboxylic acids is 1. The molecule has 0 bridgehead atoms. The van der Waals surface area contributed by atoms with Crippen molar-refractivity contribution < 1.29 is 14.6 Å². The van der Waals surface area contributed by atoms with Gasteiger partial charge in [0, 0.05) is 19.6 Å². The fourth-order valence-electron chi connectivity index (χ4n) is 2.85. The van der Waals surface area contributed by atoms with Crippen LogP contribution in [0.3, 0.4) is 0 Å². The highest BCUT2D eigenvalue weighted by molar-refractivity contribution is 5.68. The van der Waals surface area contributed by atoms with Crippen LogP contribution in [0.2, 0.25) is 0 Å². The predicted molar refractivity (Wildman–Crippen MR) is 77.7 cm³/mol. The molecule has 110 valence electrons. The Morgan fingerprint density at radius 3 is 2.70 bits per heavy atom. The maximum absolute atomic E-state index is 11.6. The van der Waals surface area contributed by atoms with Crippen LogP contribution in [-0.4, -0.2) is 54.7 Å². The highest BCUT2D eigenvalue weighted by Gasteiger charge is 2.33. The van der Waals surface area contributed by atoms with Crippen LogP contribution in [0.15, 0.2) is 30.3 Å². The highest BCUT2D eigenvalue weighted by Crippen LogP contribution is 2.24. The summed E-state index contributed by atoms with van der Waals surface area (Å²) in [5, 5.41) is 9.28. The van der Waals surface area contributed by atoms with E-state index in [9.17, 15) is 9.90 Å². The first-order chi connectivity index (χ1) is 9.57. The Morgan fingerprint density at radius 1 is 1.40 bits per heavy atom. The van der Waals surface area contributed by atoms with Crippen molar-refractivity contribution in [3.8, 4) is 0 Å². The minimum atomic E-state index is -0.529. The normalized spacial score (nSPS) is 26.9.